The molecule has 1 aliphatic carbocycles. The lowest BCUT2D eigenvalue weighted by molar-refractivity contribution is 0.181. The fraction of sp³-hybridized carbons (Fsp3) is 0.647. The summed E-state index contributed by atoms with van der Waals surface area (Å²) in [5.41, 5.74) is 2.67. The fourth-order valence-corrected chi connectivity index (χ4v) is 3.10. The van der Waals surface area contributed by atoms with Gasteiger partial charge in [0.2, 0.25) is 0 Å². The number of rotatable bonds is 4. The number of fused-ring (bicyclic) bond motifs is 1. The summed E-state index contributed by atoms with van der Waals surface area (Å²) in [6, 6.07) is 6.25. The highest BCUT2D eigenvalue weighted by Gasteiger charge is 2.29. The molecule has 20 heavy (non-hydrogen) atoms. The van der Waals surface area contributed by atoms with Crippen LogP contribution in [0.1, 0.15) is 57.2 Å². The number of hydrogen-bond donors (Lipinski definition) is 3. The smallest absolute Gasteiger partial charge is 0.115 e. The molecule has 112 valence electrons. The first-order valence-corrected chi connectivity index (χ1v) is 7.60. The van der Waals surface area contributed by atoms with Crippen LogP contribution in [0, 0.1) is 5.41 Å². The second kappa shape index (κ2) is 6.15. The Morgan fingerprint density at radius 2 is 2.10 bits per heavy atom. The van der Waals surface area contributed by atoms with E-state index in [-0.39, 0.29) is 24.1 Å². The minimum absolute atomic E-state index is 0.108. The molecule has 0 spiro atoms. The van der Waals surface area contributed by atoms with E-state index in [0.29, 0.717) is 5.75 Å². The number of phenols is 1. The fourth-order valence-electron chi connectivity index (χ4n) is 3.10. The van der Waals surface area contributed by atoms with E-state index < -0.39 is 0 Å². The summed E-state index contributed by atoms with van der Waals surface area (Å²) in [4.78, 5) is 0. The number of aromatic hydroxyl groups is 1. The number of aliphatic hydroxyl groups is 1. The molecule has 3 N–H and O–H groups in total. The molecule has 3 nitrogen and oxygen atoms in total. The molecule has 0 fully saturated rings. The van der Waals surface area contributed by atoms with Crippen molar-refractivity contribution in [3.8, 4) is 5.75 Å². The van der Waals surface area contributed by atoms with E-state index in [1.807, 2.05) is 12.1 Å². The summed E-state index contributed by atoms with van der Waals surface area (Å²) < 4.78 is 0. The lowest BCUT2D eigenvalue weighted by Gasteiger charge is -2.37. The molecule has 1 aromatic rings. The Labute approximate surface area is 122 Å². The summed E-state index contributed by atoms with van der Waals surface area (Å²) in [5.74, 6) is 0.340. The van der Waals surface area contributed by atoms with Gasteiger partial charge in [-0.2, -0.15) is 0 Å². The average molecular weight is 277 g/mol. The number of hydrogen-bond acceptors (Lipinski definition) is 3. The third-order valence-electron chi connectivity index (χ3n) is 4.31. The van der Waals surface area contributed by atoms with Crippen LogP contribution in [0.4, 0.5) is 0 Å². The van der Waals surface area contributed by atoms with Gasteiger partial charge in [0, 0.05) is 18.7 Å². The molecule has 2 atom stereocenters. The van der Waals surface area contributed by atoms with Gasteiger partial charge in [0.25, 0.3) is 0 Å². The van der Waals surface area contributed by atoms with Gasteiger partial charge in [-0.3, -0.25) is 0 Å². The Bertz CT molecular complexity index is 451. The van der Waals surface area contributed by atoms with Crippen molar-refractivity contribution < 1.29 is 10.2 Å². The molecule has 0 aliphatic heterocycles. The van der Waals surface area contributed by atoms with Crippen LogP contribution in [0.2, 0.25) is 0 Å². The molecular formula is C17H27NO2. The van der Waals surface area contributed by atoms with Gasteiger partial charge < -0.3 is 15.5 Å². The van der Waals surface area contributed by atoms with E-state index in [9.17, 15) is 10.2 Å². The Hall–Kier alpha value is -1.06. The number of phenolic OH excluding ortho intramolecular Hbond substituents is 1. The van der Waals surface area contributed by atoms with Gasteiger partial charge in [-0.15, -0.1) is 0 Å². The van der Waals surface area contributed by atoms with E-state index in [2.05, 4.69) is 26.1 Å². The largest absolute Gasteiger partial charge is 0.508 e. The van der Waals surface area contributed by atoms with E-state index in [1.54, 1.807) is 6.07 Å². The summed E-state index contributed by atoms with van der Waals surface area (Å²) in [7, 11) is 0. The summed E-state index contributed by atoms with van der Waals surface area (Å²) >= 11 is 0. The van der Waals surface area contributed by atoms with Gasteiger partial charge in [-0.25, -0.2) is 0 Å². The Morgan fingerprint density at radius 3 is 2.75 bits per heavy atom. The second-order valence-corrected chi connectivity index (χ2v) is 6.93. The van der Waals surface area contributed by atoms with Crippen molar-refractivity contribution >= 4 is 0 Å². The van der Waals surface area contributed by atoms with Crippen LogP contribution < -0.4 is 5.32 Å². The molecule has 0 aromatic heterocycles. The summed E-state index contributed by atoms with van der Waals surface area (Å²) in [6.07, 6.45) is 4.11. The average Bonchev–Trinajstić information content (AvgIpc) is 2.37. The Balaban J connectivity index is 2.20. The maximum Gasteiger partial charge on any atom is 0.115 e. The predicted octanol–water partition coefficient (Wildman–Crippen LogP) is 3.16. The molecule has 2 rings (SSSR count). The first kappa shape index (κ1) is 15.3. The SMILES string of the molecule is CC(C)(C)C(CCO)NC1CCCc2ccc(O)cc21. The molecule has 0 radical (unpaired) electrons. The Kier molecular flexibility index (Phi) is 4.71. The predicted molar refractivity (Wildman–Crippen MR) is 81.9 cm³/mol. The third-order valence-corrected chi connectivity index (χ3v) is 4.31. The van der Waals surface area contributed by atoms with Crippen molar-refractivity contribution in [3.63, 3.8) is 0 Å². The van der Waals surface area contributed by atoms with Crippen LogP contribution in [0.25, 0.3) is 0 Å². The van der Waals surface area contributed by atoms with Crippen LogP contribution >= 0.6 is 0 Å². The standard InChI is InChI=1S/C17H27NO2/c1-17(2,3)16(9-10-19)18-15-6-4-5-12-7-8-13(20)11-14(12)15/h7-8,11,15-16,18-20H,4-6,9-10H2,1-3H3. The molecule has 0 heterocycles. The summed E-state index contributed by atoms with van der Waals surface area (Å²) in [5, 5.41) is 22.7. The van der Waals surface area contributed by atoms with Crippen molar-refractivity contribution in [1.29, 1.82) is 0 Å². The molecule has 2 unspecified atom stereocenters. The van der Waals surface area contributed by atoms with Crippen LogP contribution in [-0.2, 0) is 6.42 Å². The zero-order chi connectivity index (χ0) is 14.8. The topological polar surface area (TPSA) is 52.5 Å². The van der Waals surface area contributed by atoms with Gasteiger partial charge in [-0.1, -0.05) is 26.8 Å². The zero-order valence-corrected chi connectivity index (χ0v) is 12.8. The van der Waals surface area contributed by atoms with Crippen molar-refractivity contribution in [2.45, 2.75) is 58.5 Å². The van der Waals surface area contributed by atoms with Crippen molar-refractivity contribution in [1.82, 2.24) is 5.32 Å². The molecule has 1 aliphatic rings. The highest BCUT2D eigenvalue weighted by atomic mass is 16.3. The van der Waals surface area contributed by atoms with E-state index in [0.717, 1.165) is 19.3 Å². The van der Waals surface area contributed by atoms with Gasteiger partial charge in [0.1, 0.15) is 5.75 Å². The molecule has 1 aromatic carbocycles. The number of nitrogens with one attached hydrogen (secondary N) is 1. The first-order chi connectivity index (χ1) is 9.41. The van der Waals surface area contributed by atoms with Crippen LogP contribution in [0.5, 0.6) is 5.75 Å². The maximum absolute atomic E-state index is 9.74. The van der Waals surface area contributed by atoms with Crippen molar-refractivity contribution in [2.24, 2.45) is 5.41 Å². The van der Waals surface area contributed by atoms with Crippen molar-refractivity contribution in [3.05, 3.63) is 29.3 Å². The van der Waals surface area contributed by atoms with Crippen LogP contribution in [0.15, 0.2) is 18.2 Å². The van der Waals surface area contributed by atoms with Gasteiger partial charge in [0.15, 0.2) is 0 Å². The highest BCUT2D eigenvalue weighted by Crippen LogP contribution is 2.34. The minimum atomic E-state index is 0.108. The molecular weight excluding hydrogens is 250 g/mol. The lowest BCUT2D eigenvalue weighted by Crippen LogP contribution is -2.43. The second-order valence-electron chi connectivity index (χ2n) is 6.93. The molecule has 0 amide bonds. The van der Waals surface area contributed by atoms with Crippen LogP contribution in [-0.4, -0.2) is 22.9 Å². The molecule has 0 saturated heterocycles. The molecule has 3 heteroatoms. The lowest BCUT2D eigenvalue weighted by atomic mass is 9.81. The quantitative estimate of drug-likeness (QED) is 0.792. The minimum Gasteiger partial charge on any atom is -0.508 e. The monoisotopic (exact) mass is 277 g/mol. The Morgan fingerprint density at radius 1 is 1.35 bits per heavy atom. The first-order valence-electron chi connectivity index (χ1n) is 7.60. The third kappa shape index (κ3) is 3.53. The van der Waals surface area contributed by atoms with Gasteiger partial charge >= 0.3 is 0 Å². The van der Waals surface area contributed by atoms with E-state index in [1.165, 1.54) is 17.5 Å². The number of benzene rings is 1. The van der Waals surface area contributed by atoms with E-state index >= 15 is 0 Å². The van der Waals surface area contributed by atoms with Gasteiger partial charge in [-0.05, 0) is 54.4 Å². The summed E-state index contributed by atoms with van der Waals surface area (Å²) in [6.45, 7) is 6.81. The maximum atomic E-state index is 9.74. The van der Waals surface area contributed by atoms with Crippen molar-refractivity contribution in [2.75, 3.05) is 6.61 Å². The van der Waals surface area contributed by atoms with E-state index in [4.69, 9.17) is 0 Å². The molecule has 0 bridgehead atoms. The number of aryl methyl sites for hydroxylation is 1. The number of aliphatic hydroxyl groups excluding tert-OH is 1. The molecule has 0 saturated carbocycles. The van der Waals surface area contributed by atoms with Gasteiger partial charge in [0.05, 0.1) is 0 Å². The van der Waals surface area contributed by atoms with Crippen LogP contribution in [0.3, 0.4) is 0 Å². The zero-order valence-electron chi connectivity index (χ0n) is 12.8. The normalized spacial score (nSPS) is 20.5. The highest BCUT2D eigenvalue weighted by molar-refractivity contribution is 5.38.